The standard InChI is InChI=1S/C17H24O5/c1-9-5-12(21-11(3)18)6-16(4)8-14-13(7-17(9,16)20)10(2)15(19)22-14/h10,12-14,20H,1,5-8H2,2-4H3/t10-,12-,13+,14+,16+,17+/m0/s1. The number of fused-ring (bicyclic) bond motifs is 2. The lowest BCUT2D eigenvalue weighted by Crippen LogP contribution is -2.60. The number of carbonyl (C=O) groups is 2. The molecule has 2 saturated carbocycles. The van der Waals surface area contributed by atoms with Gasteiger partial charge in [-0.3, -0.25) is 9.59 Å². The summed E-state index contributed by atoms with van der Waals surface area (Å²) in [6.45, 7) is 9.31. The zero-order valence-corrected chi connectivity index (χ0v) is 13.4. The van der Waals surface area contributed by atoms with E-state index in [0.29, 0.717) is 31.3 Å². The Kier molecular flexibility index (Phi) is 3.40. The minimum Gasteiger partial charge on any atom is -0.462 e. The molecule has 1 N–H and O–H groups in total. The zero-order chi connectivity index (χ0) is 16.3. The summed E-state index contributed by atoms with van der Waals surface area (Å²) in [6, 6.07) is 0. The van der Waals surface area contributed by atoms with E-state index in [1.54, 1.807) is 0 Å². The van der Waals surface area contributed by atoms with Gasteiger partial charge in [-0.15, -0.1) is 0 Å². The van der Waals surface area contributed by atoms with Gasteiger partial charge in [-0.2, -0.15) is 0 Å². The molecule has 0 bridgehead atoms. The van der Waals surface area contributed by atoms with Crippen LogP contribution in [0.15, 0.2) is 12.2 Å². The van der Waals surface area contributed by atoms with Crippen molar-refractivity contribution < 1.29 is 24.2 Å². The summed E-state index contributed by atoms with van der Waals surface area (Å²) in [5.74, 6) is -0.644. The van der Waals surface area contributed by atoms with Crippen molar-refractivity contribution in [1.29, 1.82) is 0 Å². The summed E-state index contributed by atoms with van der Waals surface area (Å²) in [5, 5.41) is 11.3. The van der Waals surface area contributed by atoms with Crippen LogP contribution in [0.2, 0.25) is 0 Å². The number of carbonyl (C=O) groups excluding carboxylic acids is 2. The Hall–Kier alpha value is -1.36. The molecule has 122 valence electrons. The third kappa shape index (κ3) is 2.09. The van der Waals surface area contributed by atoms with Crippen LogP contribution in [0.4, 0.5) is 0 Å². The van der Waals surface area contributed by atoms with Gasteiger partial charge in [0.15, 0.2) is 0 Å². The van der Waals surface area contributed by atoms with E-state index in [1.807, 2.05) is 13.8 Å². The lowest BCUT2D eigenvalue weighted by atomic mass is 9.52. The van der Waals surface area contributed by atoms with Crippen molar-refractivity contribution in [2.24, 2.45) is 17.3 Å². The van der Waals surface area contributed by atoms with Crippen LogP contribution in [0.5, 0.6) is 0 Å². The number of aliphatic hydroxyl groups is 1. The molecule has 1 aliphatic heterocycles. The fraction of sp³-hybridized carbons (Fsp3) is 0.765. The normalized spacial score (nSPS) is 47.5. The molecule has 3 fully saturated rings. The third-order valence-corrected chi connectivity index (χ3v) is 6.01. The Balaban J connectivity index is 1.89. The smallest absolute Gasteiger partial charge is 0.309 e. The molecule has 0 unspecified atom stereocenters. The van der Waals surface area contributed by atoms with E-state index in [4.69, 9.17) is 9.47 Å². The van der Waals surface area contributed by atoms with Gasteiger partial charge in [0.25, 0.3) is 0 Å². The van der Waals surface area contributed by atoms with Crippen LogP contribution in [-0.2, 0) is 19.1 Å². The van der Waals surface area contributed by atoms with Gasteiger partial charge in [-0.25, -0.2) is 0 Å². The van der Waals surface area contributed by atoms with Crippen molar-refractivity contribution >= 4 is 11.9 Å². The maximum Gasteiger partial charge on any atom is 0.309 e. The van der Waals surface area contributed by atoms with Crippen LogP contribution in [0, 0.1) is 17.3 Å². The largest absolute Gasteiger partial charge is 0.462 e. The first kappa shape index (κ1) is 15.5. The molecule has 5 heteroatoms. The molecule has 3 aliphatic rings. The van der Waals surface area contributed by atoms with E-state index in [-0.39, 0.29) is 36.0 Å². The Bertz CT molecular complexity index is 541. The predicted molar refractivity (Wildman–Crippen MR) is 78.8 cm³/mol. The average Bonchev–Trinajstić information content (AvgIpc) is 2.63. The van der Waals surface area contributed by atoms with Gasteiger partial charge >= 0.3 is 11.9 Å². The summed E-state index contributed by atoms with van der Waals surface area (Å²) >= 11 is 0. The summed E-state index contributed by atoms with van der Waals surface area (Å²) in [6.07, 6.45) is 1.70. The van der Waals surface area contributed by atoms with E-state index < -0.39 is 11.0 Å². The molecule has 2 aliphatic carbocycles. The van der Waals surface area contributed by atoms with E-state index >= 15 is 0 Å². The molecule has 0 spiro atoms. The van der Waals surface area contributed by atoms with Gasteiger partial charge in [0.2, 0.25) is 0 Å². The van der Waals surface area contributed by atoms with Crippen LogP contribution in [-0.4, -0.2) is 34.9 Å². The maximum atomic E-state index is 11.9. The van der Waals surface area contributed by atoms with E-state index in [9.17, 15) is 14.7 Å². The van der Waals surface area contributed by atoms with Crippen LogP contribution in [0.3, 0.4) is 0 Å². The minimum absolute atomic E-state index is 0.0348. The number of hydrogen-bond acceptors (Lipinski definition) is 5. The number of esters is 2. The molecule has 22 heavy (non-hydrogen) atoms. The van der Waals surface area contributed by atoms with Gasteiger partial charge in [0.05, 0.1) is 11.5 Å². The van der Waals surface area contributed by atoms with Gasteiger partial charge in [0.1, 0.15) is 12.2 Å². The van der Waals surface area contributed by atoms with Crippen molar-refractivity contribution in [1.82, 2.24) is 0 Å². The van der Waals surface area contributed by atoms with Gasteiger partial charge in [-0.05, 0) is 24.8 Å². The molecule has 0 aromatic carbocycles. The first-order chi connectivity index (χ1) is 10.2. The highest BCUT2D eigenvalue weighted by molar-refractivity contribution is 5.75. The summed E-state index contributed by atoms with van der Waals surface area (Å²) in [4.78, 5) is 23.1. The molecule has 5 nitrogen and oxygen atoms in total. The Morgan fingerprint density at radius 3 is 2.73 bits per heavy atom. The predicted octanol–water partition coefficient (Wildman–Crippen LogP) is 1.98. The van der Waals surface area contributed by atoms with E-state index in [0.717, 1.165) is 0 Å². The summed E-state index contributed by atoms with van der Waals surface area (Å²) in [5.41, 5.74) is -0.807. The van der Waals surface area contributed by atoms with Crippen molar-refractivity contribution in [2.75, 3.05) is 0 Å². The highest BCUT2D eigenvalue weighted by Gasteiger charge is 2.62. The molecule has 3 rings (SSSR count). The van der Waals surface area contributed by atoms with Crippen molar-refractivity contribution in [3.05, 3.63) is 12.2 Å². The van der Waals surface area contributed by atoms with Crippen LogP contribution in [0.25, 0.3) is 0 Å². The maximum absolute atomic E-state index is 11.9. The second-order valence-electron chi connectivity index (χ2n) is 7.50. The van der Waals surface area contributed by atoms with Crippen LogP contribution < -0.4 is 0 Å². The Morgan fingerprint density at radius 2 is 2.09 bits per heavy atom. The molecule has 1 saturated heterocycles. The molecule has 0 radical (unpaired) electrons. The number of rotatable bonds is 1. The van der Waals surface area contributed by atoms with Crippen LogP contribution >= 0.6 is 0 Å². The molecular formula is C17H24O5. The lowest BCUT2D eigenvalue weighted by molar-refractivity contribution is -0.175. The third-order valence-electron chi connectivity index (χ3n) is 6.01. The van der Waals surface area contributed by atoms with E-state index in [2.05, 4.69) is 6.58 Å². The molecule has 6 atom stereocenters. The fourth-order valence-corrected chi connectivity index (χ4v) is 4.70. The van der Waals surface area contributed by atoms with Crippen molar-refractivity contribution in [2.45, 2.75) is 64.3 Å². The second-order valence-corrected chi connectivity index (χ2v) is 7.50. The van der Waals surface area contributed by atoms with Gasteiger partial charge < -0.3 is 14.6 Å². The molecule has 1 heterocycles. The van der Waals surface area contributed by atoms with Crippen molar-refractivity contribution in [3.63, 3.8) is 0 Å². The molecular weight excluding hydrogens is 284 g/mol. The quantitative estimate of drug-likeness (QED) is 0.592. The number of hydrogen-bond donors (Lipinski definition) is 1. The first-order valence-electron chi connectivity index (χ1n) is 7.94. The van der Waals surface area contributed by atoms with Gasteiger partial charge in [0, 0.05) is 24.7 Å². The molecule has 0 aromatic rings. The SMILES string of the molecule is C=C1C[C@H](OC(C)=O)C[C@]2(C)C[C@H]3OC(=O)[C@@H](C)[C@H]3C[C@@]12O. The van der Waals surface area contributed by atoms with Crippen LogP contribution in [0.1, 0.15) is 46.5 Å². The first-order valence-corrected chi connectivity index (χ1v) is 7.94. The van der Waals surface area contributed by atoms with Crippen molar-refractivity contribution in [3.8, 4) is 0 Å². The lowest BCUT2D eigenvalue weighted by Gasteiger charge is -2.56. The fourth-order valence-electron chi connectivity index (χ4n) is 4.70. The topological polar surface area (TPSA) is 72.8 Å². The zero-order valence-electron chi connectivity index (χ0n) is 13.4. The average molecular weight is 308 g/mol. The minimum atomic E-state index is -1.02. The highest BCUT2D eigenvalue weighted by Crippen LogP contribution is 2.59. The van der Waals surface area contributed by atoms with Gasteiger partial charge in [-0.1, -0.05) is 20.4 Å². The number of ether oxygens (including phenoxy) is 2. The second kappa shape index (κ2) is 4.82. The summed E-state index contributed by atoms with van der Waals surface area (Å²) in [7, 11) is 0. The highest BCUT2D eigenvalue weighted by atomic mass is 16.6. The Morgan fingerprint density at radius 1 is 1.41 bits per heavy atom. The molecule has 0 aromatic heterocycles. The summed E-state index contributed by atoms with van der Waals surface area (Å²) < 4.78 is 10.9. The molecule has 0 amide bonds. The Labute approximate surface area is 130 Å². The monoisotopic (exact) mass is 308 g/mol. The van der Waals surface area contributed by atoms with E-state index in [1.165, 1.54) is 6.92 Å².